The Kier molecular flexibility index (Phi) is 5.19. The predicted molar refractivity (Wildman–Crippen MR) is 70.4 cm³/mol. The molecule has 0 aromatic rings. The second-order valence-corrected chi connectivity index (χ2v) is 5.28. The smallest absolute Gasteiger partial charge is 0.326 e. The van der Waals surface area contributed by atoms with Crippen molar-refractivity contribution in [2.24, 2.45) is 0 Å². The molecule has 7 heteroatoms. The number of carboxylic acids is 1. The van der Waals surface area contributed by atoms with Crippen LogP contribution in [0.1, 0.15) is 25.7 Å². The molecule has 2 aliphatic rings. The van der Waals surface area contributed by atoms with Crippen LogP contribution in [0.3, 0.4) is 0 Å². The molecular weight excluding hydrogens is 264 g/mol. The van der Waals surface area contributed by atoms with E-state index in [0.717, 1.165) is 19.3 Å². The van der Waals surface area contributed by atoms with Gasteiger partial charge in [0.2, 0.25) is 0 Å². The number of hydrogen-bond acceptors (Lipinski definition) is 4. The number of hydrogen-bond donors (Lipinski definition) is 2. The Morgan fingerprint density at radius 1 is 1.15 bits per heavy atom. The standard InChI is InChI=1S/C13H22N2O5/c16-8-10-9-20-7-6-14(10)13(19)15-5-3-1-2-4-11(15)12(17)18/h10-11,16H,1-9H2,(H,17,18). The zero-order valence-electron chi connectivity index (χ0n) is 11.5. The molecule has 2 rings (SSSR count). The van der Waals surface area contributed by atoms with E-state index in [-0.39, 0.29) is 18.7 Å². The van der Waals surface area contributed by atoms with E-state index in [1.54, 1.807) is 4.90 Å². The number of rotatable bonds is 2. The van der Waals surface area contributed by atoms with Crippen LogP contribution in [0.4, 0.5) is 4.79 Å². The van der Waals surface area contributed by atoms with E-state index in [0.29, 0.717) is 32.7 Å². The van der Waals surface area contributed by atoms with Gasteiger partial charge >= 0.3 is 12.0 Å². The summed E-state index contributed by atoms with van der Waals surface area (Å²) in [6.07, 6.45) is 3.09. The van der Waals surface area contributed by atoms with Crippen LogP contribution in [-0.4, -0.2) is 77.0 Å². The Hall–Kier alpha value is -1.34. The summed E-state index contributed by atoms with van der Waals surface area (Å²) in [6, 6.07) is -1.43. The van der Waals surface area contributed by atoms with Gasteiger partial charge < -0.3 is 24.7 Å². The highest BCUT2D eigenvalue weighted by Gasteiger charge is 2.36. The molecule has 2 atom stereocenters. The van der Waals surface area contributed by atoms with E-state index in [4.69, 9.17) is 4.74 Å². The summed E-state index contributed by atoms with van der Waals surface area (Å²) in [5.74, 6) is -0.950. The van der Waals surface area contributed by atoms with Gasteiger partial charge in [-0.2, -0.15) is 0 Å². The van der Waals surface area contributed by atoms with Crippen molar-refractivity contribution in [1.29, 1.82) is 0 Å². The minimum Gasteiger partial charge on any atom is -0.480 e. The number of carboxylic acid groups (broad SMARTS) is 1. The Bertz CT molecular complexity index is 363. The van der Waals surface area contributed by atoms with Crippen LogP contribution in [-0.2, 0) is 9.53 Å². The molecular formula is C13H22N2O5. The lowest BCUT2D eigenvalue weighted by molar-refractivity contribution is -0.142. The van der Waals surface area contributed by atoms with Gasteiger partial charge in [0.25, 0.3) is 0 Å². The average Bonchev–Trinajstić information content (AvgIpc) is 2.72. The van der Waals surface area contributed by atoms with Crippen molar-refractivity contribution in [2.75, 3.05) is 32.9 Å². The first-order valence-electron chi connectivity index (χ1n) is 7.13. The van der Waals surface area contributed by atoms with Gasteiger partial charge in [-0.25, -0.2) is 9.59 Å². The highest BCUT2D eigenvalue weighted by molar-refractivity contribution is 5.83. The zero-order chi connectivity index (χ0) is 14.5. The third kappa shape index (κ3) is 3.21. The Morgan fingerprint density at radius 3 is 2.65 bits per heavy atom. The van der Waals surface area contributed by atoms with E-state index in [1.807, 2.05) is 0 Å². The summed E-state index contributed by atoms with van der Waals surface area (Å²) in [5.41, 5.74) is 0. The lowest BCUT2D eigenvalue weighted by Gasteiger charge is -2.39. The molecule has 20 heavy (non-hydrogen) atoms. The highest BCUT2D eigenvalue weighted by atomic mass is 16.5. The van der Waals surface area contributed by atoms with Gasteiger partial charge in [0.05, 0.1) is 25.9 Å². The summed E-state index contributed by atoms with van der Waals surface area (Å²) in [6.45, 7) is 1.41. The molecule has 0 aromatic heterocycles. The normalized spacial score (nSPS) is 28.1. The van der Waals surface area contributed by atoms with Crippen LogP contribution in [0.25, 0.3) is 0 Å². The van der Waals surface area contributed by atoms with Crippen molar-refractivity contribution in [2.45, 2.75) is 37.8 Å². The molecule has 114 valence electrons. The van der Waals surface area contributed by atoms with Crippen molar-refractivity contribution < 1.29 is 24.5 Å². The number of aliphatic hydroxyl groups excluding tert-OH is 1. The lowest BCUT2D eigenvalue weighted by Crippen LogP contribution is -2.58. The monoisotopic (exact) mass is 286 g/mol. The van der Waals surface area contributed by atoms with Crippen LogP contribution >= 0.6 is 0 Å². The van der Waals surface area contributed by atoms with Crippen LogP contribution in [0.2, 0.25) is 0 Å². The molecule has 0 spiro atoms. The van der Waals surface area contributed by atoms with E-state index in [1.165, 1.54) is 4.90 Å². The van der Waals surface area contributed by atoms with Gasteiger partial charge in [-0.15, -0.1) is 0 Å². The van der Waals surface area contributed by atoms with Crippen molar-refractivity contribution in [3.05, 3.63) is 0 Å². The fraction of sp³-hybridized carbons (Fsp3) is 0.846. The number of aliphatic carboxylic acids is 1. The molecule has 0 radical (unpaired) electrons. The third-order valence-corrected chi connectivity index (χ3v) is 3.97. The summed E-state index contributed by atoms with van der Waals surface area (Å²) >= 11 is 0. The van der Waals surface area contributed by atoms with Gasteiger partial charge in [0.15, 0.2) is 0 Å². The quantitative estimate of drug-likeness (QED) is 0.753. The number of aliphatic hydroxyl groups is 1. The van der Waals surface area contributed by atoms with Crippen molar-refractivity contribution in [1.82, 2.24) is 9.80 Å². The number of urea groups is 1. The van der Waals surface area contributed by atoms with Gasteiger partial charge in [-0.05, 0) is 12.8 Å². The van der Waals surface area contributed by atoms with E-state index in [9.17, 15) is 19.8 Å². The largest absolute Gasteiger partial charge is 0.480 e. The zero-order valence-corrected chi connectivity index (χ0v) is 11.5. The van der Waals surface area contributed by atoms with E-state index >= 15 is 0 Å². The number of ether oxygens (including phenoxy) is 1. The number of carbonyl (C=O) groups excluding carboxylic acids is 1. The maximum Gasteiger partial charge on any atom is 0.326 e. The molecule has 2 unspecified atom stereocenters. The third-order valence-electron chi connectivity index (χ3n) is 3.97. The molecule has 0 bridgehead atoms. The molecule has 2 fully saturated rings. The molecule has 2 heterocycles. The van der Waals surface area contributed by atoms with Crippen LogP contribution < -0.4 is 0 Å². The summed E-state index contributed by atoms with van der Waals surface area (Å²) < 4.78 is 5.25. The molecule has 0 aliphatic carbocycles. The average molecular weight is 286 g/mol. The van der Waals surface area contributed by atoms with Crippen molar-refractivity contribution in [3.63, 3.8) is 0 Å². The van der Waals surface area contributed by atoms with Crippen LogP contribution in [0, 0.1) is 0 Å². The fourth-order valence-corrected chi connectivity index (χ4v) is 2.82. The van der Waals surface area contributed by atoms with Gasteiger partial charge in [-0.3, -0.25) is 0 Å². The van der Waals surface area contributed by atoms with Gasteiger partial charge in [-0.1, -0.05) is 12.8 Å². The molecule has 0 aromatic carbocycles. The summed E-state index contributed by atoms with van der Waals surface area (Å²) in [5, 5.41) is 18.6. The fourth-order valence-electron chi connectivity index (χ4n) is 2.82. The highest BCUT2D eigenvalue weighted by Crippen LogP contribution is 2.20. The van der Waals surface area contributed by atoms with Gasteiger partial charge in [0, 0.05) is 13.1 Å². The number of amides is 2. The van der Waals surface area contributed by atoms with Crippen molar-refractivity contribution in [3.8, 4) is 0 Å². The van der Waals surface area contributed by atoms with Crippen LogP contribution in [0.5, 0.6) is 0 Å². The summed E-state index contributed by atoms with van der Waals surface area (Å²) in [7, 11) is 0. The van der Waals surface area contributed by atoms with Crippen molar-refractivity contribution >= 4 is 12.0 Å². The first-order chi connectivity index (χ1) is 9.65. The lowest BCUT2D eigenvalue weighted by atomic mass is 10.1. The van der Waals surface area contributed by atoms with E-state index in [2.05, 4.69) is 0 Å². The Labute approximate surface area is 118 Å². The maximum absolute atomic E-state index is 12.6. The molecule has 2 aliphatic heterocycles. The number of morpholine rings is 1. The first-order valence-corrected chi connectivity index (χ1v) is 7.13. The number of nitrogens with zero attached hydrogens (tertiary/aromatic N) is 2. The SMILES string of the molecule is O=C(O)C1CCCCCN1C(=O)N1CCOCC1CO. The molecule has 7 nitrogen and oxygen atoms in total. The summed E-state index contributed by atoms with van der Waals surface area (Å²) in [4.78, 5) is 27.0. The Balaban J connectivity index is 2.13. The predicted octanol–water partition coefficient (Wildman–Crippen LogP) is 0.129. The second-order valence-electron chi connectivity index (χ2n) is 5.28. The molecule has 2 saturated heterocycles. The van der Waals surface area contributed by atoms with Gasteiger partial charge in [0.1, 0.15) is 6.04 Å². The second kappa shape index (κ2) is 6.90. The minimum atomic E-state index is -0.950. The maximum atomic E-state index is 12.6. The topological polar surface area (TPSA) is 90.3 Å². The number of likely N-dealkylation sites (tertiary alicyclic amines) is 1. The first kappa shape index (κ1) is 15.1. The molecule has 0 saturated carbocycles. The molecule has 2 N–H and O–H groups in total. The molecule has 2 amide bonds. The Morgan fingerprint density at radius 2 is 1.95 bits per heavy atom. The number of carbonyl (C=O) groups is 2. The minimum absolute atomic E-state index is 0.169. The van der Waals surface area contributed by atoms with E-state index < -0.39 is 12.0 Å². The van der Waals surface area contributed by atoms with Crippen LogP contribution in [0.15, 0.2) is 0 Å².